The van der Waals surface area contributed by atoms with Crippen molar-refractivity contribution in [3.8, 4) is 11.3 Å². The molecule has 0 unspecified atom stereocenters. The summed E-state index contributed by atoms with van der Waals surface area (Å²) in [5.74, 6) is 0.440. The van der Waals surface area contributed by atoms with Gasteiger partial charge in [-0.3, -0.25) is 9.78 Å². The Hall–Kier alpha value is -3.54. The standard InChI is InChI=1S/C19H14N4O2/c1-23(14-5-3-2-4-6-14)17-9-16(24)15-7-8-22-18(19(15)25-17)13-10-20-12-21-11-13/h2-12H,1H3. The van der Waals surface area contributed by atoms with Crippen LogP contribution in [0.1, 0.15) is 0 Å². The summed E-state index contributed by atoms with van der Waals surface area (Å²) >= 11 is 0. The van der Waals surface area contributed by atoms with Crippen molar-refractivity contribution in [2.45, 2.75) is 0 Å². The summed E-state index contributed by atoms with van der Waals surface area (Å²) in [7, 11) is 1.85. The maximum absolute atomic E-state index is 12.6. The summed E-state index contributed by atoms with van der Waals surface area (Å²) in [4.78, 5) is 26.8. The monoisotopic (exact) mass is 330 g/mol. The number of anilines is 2. The molecular weight excluding hydrogens is 316 g/mol. The second-order valence-corrected chi connectivity index (χ2v) is 5.51. The number of para-hydroxylation sites is 1. The first kappa shape index (κ1) is 15.0. The van der Waals surface area contributed by atoms with Crippen molar-refractivity contribution in [3.05, 3.63) is 77.6 Å². The van der Waals surface area contributed by atoms with Crippen LogP contribution in [0, 0.1) is 0 Å². The van der Waals surface area contributed by atoms with Gasteiger partial charge < -0.3 is 9.32 Å². The highest BCUT2D eigenvalue weighted by atomic mass is 16.4. The number of hydrogen-bond donors (Lipinski definition) is 0. The fraction of sp³-hybridized carbons (Fsp3) is 0.0526. The van der Waals surface area contributed by atoms with E-state index in [-0.39, 0.29) is 5.43 Å². The SMILES string of the molecule is CN(c1ccccc1)c1cc(=O)c2ccnc(-c3cncnc3)c2o1. The minimum Gasteiger partial charge on any atom is -0.438 e. The highest BCUT2D eigenvalue weighted by molar-refractivity contribution is 5.89. The Kier molecular flexibility index (Phi) is 3.70. The second kappa shape index (κ2) is 6.16. The van der Waals surface area contributed by atoms with Crippen LogP contribution in [0.3, 0.4) is 0 Å². The van der Waals surface area contributed by atoms with Crippen LogP contribution in [-0.2, 0) is 0 Å². The molecule has 4 rings (SSSR count). The van der Waals surface area contributed by atoms with Crippen LogP contribution in [0.25, 0.3) is 22.2 Å². The third kappa shape index (κ3) is 2.74. The Morgan fingerprint density at radius 3 is 2.56 bits per heavy atom. The molecule has 6 nitrogen and oxygen atoms in total. The van der Waals surface area contributed by atoms with E-state index in [4.69, 9.17) is 4.42 Å². The molecule has 122 valence electrons. The van der Waals surface area contributed by atoms with Gasteiger partial charge in [-0.25, -0.2) is 9.97 Å². The van der Waals surface area contributed by atoms with E-state index in [0.717, 1.165) is 5.69 Å². The summed E-state index contributed by atoms with van der Waals surface area (Å²) in [5.41, 5.74) is 2.44. The summed E-state index contributed by atoms with van der Waals surface area (Å²) in [6.07, 6.45) is 6.31. The zero-order valence-corrected chi connectivity index (χ0v) is 13.5. The lowest BCUT2D eigenvalue weighted by atomic mass is 10.1. The molecule has 0 fully saturated rings. The minimum atomic E-state index is -0.125. The van der Waals surface area contributed by atoms with Crippen molar-refractivity contribution in [2.75, 3.05) is 11.9 Å². The molecular formula is C19H14N4O2. The zero-order chi connectivity index (χ0) is 17.2. The van der Waals surface area contributed by atoms with Crippen LogP contribution in [0.5, 0.6) is 0 Å². The number of hydrogen-bond acceptors (Lipinski definition) is 6. The topological polar surface area (TPSA) is 72.1 Å². The molecule has 0 aliphatic heterocycles. The first-order valence-electron chi connectivity index (χ1n) is 7.71. The lowest BCUT2D eigenvalue weighted by molar-refractivity contribution is 0.603. The Bertz CT molecular complexity index is 1080. The summed E-state index contributed by atoms with van der Waals surface area (Å²) in [6.45, 7) is 0. The molecule has 0 atom stereocenters. The quantitative estimate of drug-likeness (QED) is 0.573. The predicted molar refractivity (Wildman–Crippen MR) is 95.8 cm³/mol. The second-order valence-electron chi connectivity index (χ2n) is 5.51. The highest BCUT2D eigenvalue weighted by Crippen LogP contribution is 2.29. The Morgan fingerprint density at radius 1 is 1.04 bits per heavy atom. The Balaban J connectivity index is 1.93. The van der Waals surface area contributed by atoms with Gasteiger partial charge in [0.25, 0.3) is 0 Å². The Labute approximate surface area is 143 Å². The molecule has 0 saturated heterocycles. The molecule has 0 amide bonds. The van der Waals surface area contributed by atoms with E-state index in [1.807, 2.05) is 42.3 Å². The van der Waals surface area contributed by atoms with Crippen LogP contribution in [0.4, 0.5) is 11.6 Å². The van der Waals surface area contributed by atoms with Crippen LogP contribution < -0.4 is 10.3 Å². The van der Waals surface area contributed by atoms with Gasteiger partial charge in [0, 0.05) is 43.0 Å². The van der Waals surface area contributed by atoms with Crippen molar-refractivity contribution < 1.29 is 4.42 Å². The molecule has 0 saturated carbocycles. The normalized spacial score (nSPS) is 10.8. The molecule has 0 bridgehead atoms. The molecule has 4 aromatic rings. The third-order valence-electron chi connectivity index (χ3n) is 3.94. The van der Waals surface area contributed by atoms with Crippen LogP contribution in [0.2, 0.25) is 0 Å². The van der Waals surface area contributed by atoms with Gasteiger partial charge >= 0.3 is 0 Å². The number of fused-ring (bicyclic) bond motifs is 1. The average Bonchev–Trinajstić information content (AvgIpc) is 2.68. The molecule has 3 aromatic heterocycles. The molecule has 25 heavy (non-hydrogen) atoms. The summed E-state index contributed by atoms with van der Waals surface area (Å²) in [5, 5.41) is 0.471. The van der Waals surface area contributed by atoms with Gasteiger partial charge in [-0.1, -0.05) is 18.2 Å². The fourth-order valence-electron chi connectivity index (χ4n) is 2.64. The first-order chi connectivity index (χ1) is 12.2. The zero-order valence-electron chi connectivity index (χ0n) is 13.5. The maximum Gasteiger partial charge on any atom is 0.204 e. The van der Waals surface area contributed by atoms with Crippen molar-refractivity contribution in [3.63, 3.8) is 0 Å². The van der Waals surface area contributed by atoms with Gasteiger partial charge in [-0.05, 0) is 18.2 Å². The van der Waals surface area contributed by atoms with Gasteiger partial charge in [0.05, 0.1) is 5.39 Å². The van der Waals surface area contributed by atoms with Crippen molar-refractivity contribution in [1.29, 1.82) is 0 Å². The van der Waals surface area contributed by atoms with E-state index in [1.165, 1.54) is 12.4 Å². The highest BCUT2D eigenvalue weighted by Gasteiger charge is 2.15. The van der Waals surface area contributed by atoms with Gasteiger partial charge in [0.2, 0.25) is 5.88 Å². The Morgan fingerprint density at radius 2 is 1.80 bits per heavy atom. The largest absolute Gasteiger partial charge is 0.438 e. The van der Waals surface area contributed by atoms with E-state index >= 15 is 0 Å². The minimum absolute atomic E-state index is 0.125. The molecule has 0 aliphatic rings. The molecule has 3 heterocycles. The van der Waals surface area contributed by atoms with E-state index < -0.39 is 0 Å². The first-order valence-corrected chi connectivity index (χ1v) is 7.71. The van der Waals surface area contributed by atoms with Gasteiger partial charge in [0.15, 0.2) is 11.0 Å². The van der Waals surface area contributed by atoms with E-state index in [0.29, 0.717) is 28.1 Å². The molecule has 0 radical (unpaired) electrons. The van der Waals surface area contributed by atoms with Crippen molar-refractivity contribution >= 4 is 22.5 Å². The molecule has 0 N–H and O–H groups in total. The van der Waals surface area contributed by atoms with Crippen LogP contribution in [-0.4, -0.2) is 22.0 Å². The third-order valence-corrected chi connectivity index (χ3v) is 3.94. The molecule has 6 heteroatoms. The number of rotatable bonds is 3. The number of pyridine rings is 1. The van der Waals surface area contributed by atoms with Crippen LogP contribution >= 0.6 is 0 Å². The lowest BCUT2D eigenvalue weighted by Crippen LogP contribution is -2.13. The van der Waals surface area contributed by atoms with Gasteiger partial charge in [-0.15, -0.1) is 0 Å². The van der Waals surface area contributed by atoms with E-state index in [9.17, 15) is 4.79 Å². The summed E-state index contributed by atoms with van der Waals surface area (Å²) in [6, 6.07) is 12.8. The maximum atomic E-state index is 12.6. The van der Waals surface area contributed by atoms with Crippen LogP contribution in [0.15, 0.2) is 76.6 Å². The van der Waals surface area contributed by atoms with Gasteiger partial charge in [-0.2, -0.15) is 0 Å². The molecule has 0 spiro atoms. The molecule has 1 aromatic carbocycles. The fourth-order valence-corrected chi connectivity index (χ4v) is 2.64. The van der Waals surface area contributed by atoms with E-state index in [2.05, 4.69) is 15.0 Å². The number of nitrogens with zero attached hydrogens (tertiary/aromatic N) is 4. The lowest BCUT2D eigenvalue weighted by Gasteiger charge is -2.18. The van der Waals surface area contributed by atoms with Crippen molar-refractivity contribution in [1.82, 2.24) is 15.0 Å². The van der Waals surface area contributed by atoms with Gasteiger partial charge in [0.1, 0.15) is 12.0 Å². The van der Waals surface area contributed by atoms with E-state index in [1.54, 1.807) is 24.7 Å². The predicted octanol–water partition coefficient (Wildman–Crippen LogP) is 3.41. The summed E-state index contributed by atoms with van der Waals surface area (Å²) < 4.78 is 6.05. The smallest absolute Gasteiger partial charge is 0.204 e. The van der Waals surface area contributed by atoms with Crippen molar-refractivity contribution in [2.24, 2.45) is 0 Å². The number of aromatic nitrogens is 3. The molecule has 0 aliphatic carbocycles. The number of benzene rings is 1. The average molecular weight is 330 g/mol.